The minimum absolute atomic E-state index is 0.0282. The van der Waals surface area contributed by atoms with E-state index in [1.165, 1.54) is 12.5 Å². The van der Waals surface area contributed by atoms with Crippen LogP contribution in [-0.4, -0.2) is 34.2 Å². The number of hydrogen-bond acceptors (Lipinski definition) is 4. The van der Waals surface area contributed by atoms with Gasteiger partial charge in [-0.3, -0.25) is 0 Å². The first-order valence-corrected chi connectivity index (χ1v) is 6.95. The molecule has 1 aromatic heterocycles. The highest BCUT2D eigenvalue weighted by Crippen LogP contribution is 2.23. The van der Waals surface area contributed by atoms with Gasteiger partial charge in [-0.2, -0.15) is 5.26 Å². The van der Waals surface area contributed by atoms with Gasteiger partial charge in [0.25, 0.3) is 0 Å². The molecule has 1 heterocycles. The summed E-state index contributed by atoms with van der Waals surface area (Å²) in [5.74, 6) is -0.587. The van der Waals surface area contributed by atoms with Crippen LogP contribution in [0.1, 0.15) is 29.9 Å². The molecule has 0 saturated carbocycles. The van der Waals surface area contributed by atoms with Crippen molar-refractivity contribution in [3.63, 3.8) is 0 Å². The summed E-state index contributed by atoms with van der Waals surface area (Å²) in [7, 11) is 1.95. The van der Waals surface area contributed by atoms with Crippen molar-refractivity contribution >= 4 is 11.7 Å². The second-order valence-electron chi connectivity index (χ2n) is 5.56. The molecule has 1 aromatic carbocycles. The minimum atomic E-state index is -1.08. The molecule has 6 nitrogen and oxygen atoms in total. The Hall–Kier alpha value is -2.81. The van der Waals surface area contributed by atoms with Gasteiger partial charge in [0.2, 0.25) is 0 Å². The summed E-state index contributed by atoms with van der Waals surface area (Å²) in [6.45, 7) is 5.09. The molecule has 0 amide bonds. The molecular weight excluding hydrogens is 280 g/mol. The van der Waals surface area contributed by atoms with Crippen LogP contribution >= 0.6 is 0 Å². The second kappa shape index (κ2) is 6.31. The number of rotatable bonds is 5. The fraction of sp³-hybridized carbons (Fsp3) is 0.312. The lowest BCUT2D eigenvalue weighted by molar-refractivity contribution is 0.0691. The quantitative estimate of drug-likeness (QED) is 0.917. The molecule has 2 aromatic rings. The van der Waals surface area contributed by atoms with Gasteiger partial charge in [0, 0.05) is 25.5 Å². The Balaban J connectivity index is 2.36. The number of imidazole rings is 1. The van der Waals surface area contributed by atoms with Crippen molar-refractivity contribution in [1.82, 2.24) is 9.55 Å². The molecule has 6 heteroatoms. The third kappa shape index (κ3) is 3.26. The summed E-state index contributed by atoms with van der Waals surface area (Å²) >= 11 is 0. The Kier molecular flexibility index (Phi) is 4.47. The van der Waals surface area contributed by atoms with Crippen LogP contribution in [0.5, 0.6) is 0 Å². The molecule has 0 spiro atoms. The van der Waals surface area contributed by atoms with Gasteiger partial charge in [-0.1, -0.05) is 13.8 Å². The van der Waals surface area contributed by atoms with Crippen molar-refractivity contribution in [1.29, 1.82) is 5.26 Å². The van der Waals surface area contributed by atoms with Gasteiger partial charge in [-0.25, -0.2) is 9.78 Å². The topological polar surface area (TPSA) is 82.2 Å². The average molecular weight is 298 g/mol. The largest absolute Gasteiger partial charge is 0.476 e. The number of nitrogens with zero attached hydrogens (tertiary/aromatic N) is 4. The Bertz CT molecular complexity index is 728. The Morgan fingerprint density at radius 1 is 1.50 bits per heavy atom. The molecule has 0 radical (unpaired) electrons. The third-order valence-electron chi connectivity index (χ3n) is 3.25. The van der Waals surface area contributed by atoms with Crippen LogP contribution in [0.15, 0.2) is 30.7 Å². The number of carbonyl (C=O) groups is 1. The molecule has 22 heavy (non-hydrogen) atoms. The SMILES string of the molecule is CC(C)CN(C)c1ccc(-n2cnc(C(=O)O)c2)cc1C#N. The van der Waals surface area contributed by atoms with Crippen molar-refractivity contribution < 1.29 is 9.90 Å². The molecule has 0 aliphatic rings. The second-order valence-corrected chi connectivity index (χ2v) is 5.56. The van der Waals surface area contributed by atoms with E-state index in [2.05, 4.69) is 24.9 Å². The Labute approximate surface area is 129 Å². The molecule has 0 aliphatic heterocycles. The van der Waals surface area contributed by atoms with E-state index in [-0.39, 0.29) is 5.69 Å². The van der Waals surface area contributed by atoms with E-state index in [0.717, 1.165) is 12.2 Å². The van der Waals surface area contributed by atoms with E-state index in [1.807, 2.05) is 24.1 Å². The average Bonchev–Trinajstić information content (AvgIpc) is 2.95. The van der Waals surface area contributed by atoms with Crippen LogP contribution in [0.2, 0.25) is 0 Å². The van der Waals surface area contributed by atoms with E-state index >= 15 is 0 Å². The number of benzene rings is 1. The van der Waals surface area contributed by atoms with Gasteiger partial charge in [0.15, 0.2) is 5.69 Å². The third-order valence-corrected chi connectivity index (χ3v) is 3.25. The molecule has 0 aliphatic carbocycles. The van der Waals surface area contributed by atoms with E-state index in [4.69, 9.17) is 5.11 Å². The van der Waals surface area contributed by atoms with E-state index in [9.17, 15) is 10.1 Å². The summed E-state index contributed by atoms with van der Waals surface area (Å²) in [6, 6.07) is 7.65. The van der Waals surface area contributed by atoms with Gasteiger partial charge in [0.1, 0.15) is 12.4 Å². The lowest BCUT2D eigenvalue weighted by atomic mass is 10.1. The number of carboxylic acids is 1. The van der Waals surface area contributed by atoms with Crippen molar-refractivity contribution in [2.45, 2.75) is 13.8 Å². The highest BCUT2D eigenvalue weighted by molar-refractivity contribution is 5.85. The fourth-order valence-corrected chi connectivity index (χ4v) is 2.33. The van der Waals surface area contributed by atoms with E-state index < -0.39 is 5.97 Å². The number of hydrogen-bond donors (Lipinski definition) is 1. The lowest BCUT2D eigenvalue weighted by Crippen LogP contribution is -2.23. The van der Waals surface area contributed by atoms with Crippen LogP contribution in [0, 0.1) is 17.2 Å². The molecule has 0 unspecified atom stereocenters. The minimum Gasteiger partial charge on any atom is -0.476 e. The zero-order valence-corrected chi connectivity index (χ0v) is 12.8. The van der Waals surface area contributed by atoms with Gasteiger partial charge in [-0.05, 0) is 24.1 Å². The molecule has 0 atom stereocenters. The smallest absolute Gasteiger partial charge is 0.356 e. The van der Waals surface area contributed by atoms with Crippen LogP contribution < -0.4 is 4.90 Å². The Morgan fingerprint density at radius 2 is 2.23 bits per heavy atom. The van der Waals surface area contributed by atoms with Crippen LogP contribution in [0.4, 0.5) is 5.69 Å². The van der Waals surface area contributed by atoms with Crippen LogP contribution in [0.3, 0.4) is 0 Å². The number of aromatic carboxylic acids is 1. The van der Waals surface area contributed by atoms with Crippen molar-refractivity contribution in [3.05, 3.63) is 42.0 Å². The molecule has 2 rings (SSSR count). The molecule has 0 saturated heterocycles. The standard InChI is InChI=1S/C16H18N4O2/c1-11(2)8-19(3)15-5-4-13(6-12(15)7-17)20-9-14(16(21)22)18-10-20/h4-6,9-11H,8H2,1-3H3,(H,21,22). The fourth-order valence-electron chi connectivity index (χ4n) is 2.33. The van der Waals surface area contributed by atoms with Crippen molar-refractivity contribution in [2.24, 2.45) is 5.92 Å². The first-order chi connectivity index (χ1) is 10.4. The number of aromatic nitrogens is 2. The first kappa shape index (κ1) is 15.6. The summed E-state index contributed by atoms with van der Waals surface area (Å²) in [6.07, 6.45) is 2.85. The van der Waals surface area contributed by atoms with Gasteiger partial charge in [-0.15, -0.1) is 0 Å². The zero-order valence-electron chi connectivity index (χ0n) is 12.8. The van der Waals surface area contributed by atoms with Gasteiger partial charge in [0.05, 0.1) is 11.3 Å². The summed E-state index contributed by atoms with van der Waals surface area (Å²) < 4.78 is 1.59. The van der Waals surface area contributed by atoms with Crippen molar-refractivity contribution in [2.75, 3.05) is 18.5 Å². The molecule has 114 valence electrons. The van der Waals surface area contributed by atoms with Crippen LogP contribution in [-0.2, 0) is 0 Å². The number of nitriles is 1. The summed E-state index contributed by atoms with van der Waals surface area (Å²) in [5.41, 5.74) is 2.09. The summed E-state index contributed by atoms with van der Waals surface area (Å²) in [4.78, 5) is 16.7. The Morgan fingerprint density at radius 3 is 2.77 bits per heavy atom. The van der Waals surface area contributed by atoms with Gasteiger partial charge >= 0.3 is 5.97 Å². The summed E-state index contributed by atoms with van der Waals surface area (Å²) in [5, 5.41) is 18.3. The maximum atomic E-state index is 10.9. The first-order valence-electron chi connectivity index (χ1n) is 6.95. The normalized spacial score (nSPS) is 10.5. The predicted octanol–water partition coefficient (Wildman–Crippen LogP) is 2.53. The van der Waals surface area contributed by atoms with Crippen molar-refractivity contribution in [3.8, 4) is 11.8 Å². The molecule has 0 fully saturated rings. The number of anilines is 1. The van der Waals surface area contributed by atoms with Gasteiger partial charge < -0.3 is 14.6 Å². The van der Waals surface area contributed by atoms with E-state index in [1.54, 1.807) is 10.6 Å². The zero-order chi connectivity index (χ0) is 16.3. The lowest BCUT2D eigenvalue weighted by Gasteiger charge is -2.23. The molecule has 1 N–H and O–H groups in total. The molecular formula is C16H18N4O2. The monoisotopic (exact) mass is 298 g/mol. The highest BCUT2D eigenvalue weighted by Gasteiger charge is 2.12. The maximum Gasteiger partial charge on any atom is 0.356 e. The predicted molar refractivity (Wildman–Crippen MR) is 83.3 cm³/mol. The molecule has 0 bridgehead atoms. The maximum absolute atomic E-state index is 10.9. The number of carboxylic acid groups (broad SMARTS) is 1. The highest BCUT2D eigenvalue weighted by atomic mass is 16.4. The van der Waals surface area contributed by atoms with Crippen LogP contribution in [0.25, 0.3) is 5.69 Å². The van der Waals surface area contributed by atoms with E-state index in [0.29, 0.717) is 17.2 Å².